The molecule has 1 amide bonds. The lowest BCUT2D eigenvalue weighted by molar-refractivity contribution is -0.116. The van der Waals surface area contributed by atoms with Gasteiger partial charge in [-0.3, -0.25) is 9.59 Å². The maximum Gasteiger partial charge on any atom is 0.244 e. The summed E-state index contributed by atoms with van der Waals surface area (Å²) in [6.07, 6.45) is 7.66. The van der Waals surface area contributed by atoms with Crippen molar-refractivity contribution in [2.24, 2.45) is 0 Å². The molecule has 0 aliphatic carbocycles. The number of hydrogen-bond acceptors (Lipinski definition) is 5. The SMILES string of the molecule is O=C(C=Cc1ccoc1)NCc1ccc(C(=O)c2ccco2)s1. The highest BCUT2D eigenvalue weighted by Crippen LogP contribution is 2.20. The highest BCUT2D eigenvalue weighted by atomic mass is 32.1. The minimum atomic E-state index is -0.210. The van der Waals surface area contributed by atoms with E-state index in [0.29, 0.717) is 17.2 Å². The van der Waals surface area contributed by atoms with E-state index in [-0.39, 0.29) is 11.7 Å². The average Bonchev–Trinajstić information content (AvgIpc) is 3.33. The zero-order chi connectivity index (χ0) is 16.1. The summed E-state index contributed by atoms with van der Waals surface area (Å²) in [6.45, 7) is 0.366. The van der Waals surface area contributed by atoms with Crippen LogP contribution in [0.5, 0.6) is 0 Å². The van der Waals surface area contributed by atoms with Crippen LogP contribution in [0.1, 0.15) is 25.9 Å². The Morgan fingerprint density at radius 1 is 1.17 bits per heavy atom. The molecule has 0 atom stereocenters. The van der Waals surface area contributed by atoms with Crippen molar-refractivity contribution in [2.45, 2.75) is 6.54 Å². The van der Waals surface area contributed by atoms with Crippen molar-refractivity contribution in [3.63, 3.8) is 0 Å². The van der Waals surface area contributed by atoms with Gasteiger partial charge in [0.1, 0.15) is 0 Å². The van der Waals surface area contributed by atoms with Gasteiger partial charge >= 0.3 is 0 Å². The largest absolute Gasteiger partial charge is 0.472 e. The summed E-state index contributed by atoms with van der Waals surface area (Å²) in [5.41, 5.74) is 0.822. The van der Waals surface area contributed by atoms with Crippen molar-refractivity contribution < 1.29 is 18.4 Å². The molecular formula is C17H13NO4S. The van der Waals surface area contributed by atoms with Crippen LogP contribution in [0.15, 0.2) is 64.0 Å². The maximum absolute atomic E-state index is 12.1. The number of thiophene rings is 1. The van der Waals surface area contributed by atoms with Gasteiger partial charge in [0.2, 0.25) is 11.7 Å². The predicted molar refractivity (Wildman–Crippen MR) is 86.0 cm³/mol. The summed E-state index contributed by atoms with van der Waals surface area (Å²) in [5, 5.41) is 2.77. The first-order valence-corrected chi connectivity index (χ1v) is 7.69. The van der Waals surface area contributed by atoms with Gasteiger partial charge in [-0.05, 0) is 36.4 Å². The Hall–Kier alpha value is -2.86. The summed E-state index contributed by atoms with van der Waals surface area (Å²) in [5.74, 6) is -0.0542. The lowest BCUT2D eigenvalue weighted by Gasteiger charge is -1.98. The van der Waals surface area contributed by atoms with Gasteiger partial charge in [-0.25, -0.2) is 0 Å². The van der Waals surface area contributed by atoms with E-state index >= 15 is 0 Å². The first-order chi connectivity index (χ1) is 11.2. The number of hydrogen-bond donors (Lipinski definition) is 1. The van der Waals surface area contributed by atoms with Gasteiger partial charge in [-0.2, -0.15) is 0 Å². The van der Waals surface area contributed by atoms with Crippen LogP contribution in [0.3, 0.4) is 0 Å². The van der Waals surface area contributed by atoms with Gasteiger partial charge in [-0.15, -0.1) is 11.3 Å². The van der Waals surface area contributed by atoms with Crippen LogP contribution in [0.4, 0.5) is 0 Å². The monoisotopic (exact) mass is 327 g/mol. The van der Waals surface area contributed by atoms with Crippen molar-refractivity contribution in [2.75, 3.05) is 0 Å². The third-order valence-corrected chi connectivity index (χ3v) is 4.12. The molecule has 0 fully saturated rings. The zero-order valence-electron chi connectivity index (χ0n) is 12.0. The number of carbonyl (C=O) groups excluding carboxylic acids is 2. The Kier molecular flexibility index (Phi) is 4.54. The van der Waals surface area contributed by atoms with Gasteiger partial charge in [0.15, 0.2) is 5.76 Å². The van der Waals surface area contributed by atoms with E-state index in [1.54, 1.807) is 42.9 Å². The molecule has 0 aliphatic rings. The van der Waals surface area contributed by atoms with E-state index in [2.05, 4.69) is 5.32 Å². The van der Waals surface area contributed by atoms with Crippen LogP contribution >= 0.6 is 11.3 Å². The Morgan fingerprint density at radius 2 is 2.09 bits per heavy atom. The van der Waals surface area contributed by atoms with Crippen LogP contribution in [0.2, 0.25) is 0 Å². The topological polar surface area (TPSA) is 72.5 Å². The molecular weight excluding hydrogens is 314 g/mol. The molecule has 3 rings (SSSR count). The number of furan rings is 2. The van der Waals surface area contributed by atoms with Gasteiger partial charge < -0.3 is 14.2 Å². The molecule has 5 nitrogen and oxygen atoms in total. The van der Waals surface area contributed by atoms with Crippen molar-refractivity contribution in [1.29, 1.82) is 0 Å². The first kappa shape index (κ1) is 15.1. The molecule has 0 bridgehead atoms. The van der Waals surface area contributed by atoms with Gasteiger partial charge in [0.05, 0.1) is 30.2 Å². The Labute approximate surface area is 136 Å². The van der Waals surface area contributed by atoms with E-state index in [9.17, 15) is 9.59 Å². The molecule has 0 spiro atoms. The standard InChI is InChI=1S/C17H13NO4S/c19-16(6-3-12-7-9-21-11-12)18-10-13-4-5-15(23-13)17(20)14-2-1-8-22-14/h1-9,11H,10H2,(H,18,19). The van der Waals surface area contributed by atoms with E-state index in [1.165, 1.54) is 23.7 Å². The summed E-state index contributed by atoms with van der Waals surface area (Å²) >= 11 is 1.33. The van der Waals surface area contributed by atoms with Crippen molar-refractivity contribution in [3.05, 3.63) is 76.3 Å². The summed E-state index contributed by atoms with van der Waals surface area (Å²) < 4.78 is 10.0. The Balaban J connectivity index is 1.55. The van der Waals surface area contributed by atoms with E-state index in [1.807, 2.05) is 6.07 Å². The molecule has 0 radical (unpaired) electrons. The number of amides is 1. The molecule has 3 aromatic rings. The second-order valence-electron chi connectivity index (χ2n) is 4.68. The highest BCUT2D eigenvalue weighted by molar-refractivity contribution is 7.14. The lowest BCUT2D eigenvalue weighted by atomic mass is 10.2. The van der Waals surface area contributed by atoms with Crippen LogP contribution in [0.25, 0.3) is 6.08 Å². The number of nitrogens with one attached hydrogen (secondary N) is 1. The fourth-order valence-electron chi connectivity index (χ4n) is 1.90. The highest BCUT2D eigenvalue weighted by Gasteiger charge is 2.14. The van der Waals surface area contributed by atoms with Gasteiger partial charge in [-0.1, -0.05) is 0 Å². The Bertz CT molecular complexity index is 813. The summed E-state index contributed by atoms with van der Waals surface area (Å²) in [7, 11) is 0. The molecule has 0 aromatic carbocycles. The van der Waals surface area contributed by atoms with Crippen LogP contribution in [-0.2, 0) is 11.3 Å². The average molecular weight is 327 g/mol. The van der Waals surface area contributed by atoms with Crippen LogP contribution < -0.4 is 5.32 Å². The number of carbonyl (C=O) groups is 2. The van der Waals surface area contributed by atoms with Crippen molar-refractivity contribution in [3.8, 4) is 0 Å². The molecule has 23 heavy (non-hydrogen) atoms. The maximum atomic E-state index is 12.1. The number of rotatable bonds is 6. The molecule has 3 aromatic heterocycles. The van der Waals surface area contributed by atoms with Crippen LogP contribution in [0, 0.1) is 0 Å². The van der Waals surface area contributed by atoms with Gasteiger partial charge in [0, 0.05) is 16.5 Å². The second-order valence-corrected chi connectivity index (χ2v) is 5.85. The van der Waals surface area contributed by atoms with E-state index < -0.39 is 0 Å². The minimum absolute atomic E-state index is 0.155. The van der Waals surface area contributed by atoms with Gasteiger partial charge in [0.25, 0.3) is 0 Å². The van der Waals surface area contributed by atoms with E-state index in [4.69, 9.17) is 8.83 Å². The fraction of sp³-hybridized carbons (Fsp3) is 0.0588. The zero-order valence-corrected chi connectivity index (χ0v) is 12.8. The summed E-state index contributed by atoms with van der Waals surface area (Å²) in [6, 6.07) is 8.62. The molecule has 0 aliphatic heterocycles. The lowest BCUT2D eigenvalue weighted by Crippen LogP contribution is -2.19. The normalized spacial score (nSPS) is 11.0. The predicted octanol–water partition coefficient (Wildman–Crippen LogP) is 3.49. The molecule has 0 saturated carbocycles. The summed E-state index contributed by atoms with van der Waals surface area (Å²) in [4.78, 5) is 25.3. The third-order valence-electron chi connectivity index (χ3n) is 3.04. The van der Waals surface area contributed by atoms with Crippen molar-refractivity contribution >= 4 is 29.1 Å². The smallest absolute Gasteiger partial charge is 0.244 e. The first-order valence-electron chi connectivity index (χ1n) is 6.87. The third kappa shape index (κ3) is 3.87. The molecule has 0 unspecified atom stereocenters. The minimum Gasteiger partial charge on any atom is -0.472 e. The number of ketones is 1. The quantitative estimate of drug-likeness (QED) is 0.555. The Morgan fingerprint density at radius 3 is 2.83 bits per heavy atom. The second kappa shape index (κ2) is 6.93. The molecule has 6 heteroatoms. The fourth-order valence-corrected chi connectivity index (χ4v) is 2.79. The molecule has 1 N–H and O–H groups in total. The molecule has 3 heterocycles. The molecule has 116 valence electrons. The molecule has 0 saturated heterocycles. The van der Waals surface area contributed by atoms with E-state index in [0.717, 1.165) is 10.4 Å². The van der Waals surface area contributed by atoms with Crippen LogP contribution in [-0.4, -0.2) is 11.7 Å². The van der Waals surface area contributed by atoms with Crippen molar-refractivity contribution in [1.82, 2.24) is 5.32 Å².